The molecule has 0 aliphatic heterocycles. The van der Waals surface area contributed by atoms with Crippen LogP contribution in [0.4, 0.5) is 0 Å². The zero-order valence-electron chi connectivity index (χ0n) is 8.10. The van der Waals surface area contributed by atoms with Crippen molar-refractivity contribution in [3.8, 4) is 0 Å². The Balaban J connectivity index is 3.19. The van der Waals surface area contributed by atoms with E-state index in [0.29, 0.717) is 4.47 Å². The lowest BCUT2D eigenvalue weighted by atomic mass is 9.99. The van der Waals surface area contributed by atoms with Crippen LogP contribution in [0.1, 0.15) is 22.0 Å². The Hall–Kier alpha value is -0.620. The monoisotopic (exact) mass is 308 g/mol. The van der Waals surface area contributed by atoms with Gasteiger partial charge in [0.15, 0.2) is 0 Å². The molecule has 0 aromatic heterocycles. The van der Waals surface area contributed by atoms with E-state index in [1.165, 1.54) is 12.1 Å². The number of carboxylic acid groups (broad SMARTS) is 1. The van der Waals surface area contributed by atoms with Crippen molar-refractivity contribution in [3.63, 3.8) is 0 Å². The van der Waals surface area contributed by atoms with Gasteiger partial charge in [0, 0.05) is 4.47 Å². The van der Waals surface area contributed by atoms with E-state index in [9.17, 15) is 15.0 Å². The van der Waals surface area contributed by atoms with Crippen molar-refractivity contribution < 1.29 is 20.1 Å². The minimum Gasteiger partial charge on any atom is -0.478 e. The number of hydrogen-bond acceptors (Lipinski definition) is 3. The lowest BCUT2D eigenvalue weighted by molar-refractivity contribution is 0.0312. The summed E-state index contributed by atoms with van der Waals surface area (Å²) in [4.78, 5) is 10.9. The molecule has 0 fully saturated rings. The van der Waals surface area contributed by atoms with Gasteiger partial charge in [-0.3, -0.25) is 0 Å². The van der Waals surface area contributed by atoms with E-state index in [0.717, 1.165) is 0 Å². The molecule has 0 saturated carbocycles. The van der Waals surface area contributed by atoms with Crippen LogP contribution >= 0.6 is 27.5 Å². The summed E-state index contributed by atoms with van der Waals surface area (Å²) in [5.74, 6) is -1.34. The number of halogens is 2. The summed E-state index contributed by atoms with van der Waals surface area (Å²) in [7, 11) is 0. The standard InChI is InChI=1S/C10H10BrClO4/c11-5-1-2-6(10(15)16)7(3-5)9(14)8(13)4-12/h1-3,8-9,13-14H,4H2,(H,15,16). The molecule has 1 rings (SSSR count). The zero-order valence-corrected chi connectivity index (χ0v) is 10.4. The topological polar surface area (TPSA) is 77.8 Å². The maximum atomic E-state index is 10.9. The fourth-order valence-corrected chi connectivity index (χ4v) is 1.81. The third kappa shape index (κ3) is 2.95. The number of carbonyl (C=O) groups is 1. The first-order valence-electron chi connectivity index (χ1n) is 4.42. The van der Waals surface area contributed by atoms with E-state index >= 15 is 0 Å². The fourth-order valence-electron chi connectivity index (χ4n) is 1.26. The summed E-state index contributed by atoms with van der Waals surface area (Å²) in [5, 5.41) is 28.0. The Morgan fingerprint density at radius 1 is 1.44 bits per heavy atom. The molecule has 0 bridgehead atoms. The Labute approximate surface area is 106 Å². The van der Waals surface area contributed by atoms with Crippen LogP contribution in [-0.4, -0.2) is 33.3 Å². The Bertz CT molecular complexity index is 396. The van der Waals surface area contributed by atoms with Crippen LogP contribution in [0.15, 0.2) is 22.7 Å². The number of aromatic carboxylic acids is 1. The minimum absolute atomic E-state index is 0.0557. The molecule has 0 radical (unpaired) electrons. The maximum absolute atomic E-state index is 10.9. The van der Waals surface area contributed by atoms with E-state index in [-0.39, 0.29) is 17.0 Å². The van der Waals surface area contributed by atoms with Crippen molar-refractivity contribution in [1.82, 2.24) is 0 Å². The molecular weight excluding hydrogens is 299 g/mol. The van der Waals surface area contributed by atoms with Gasteiger partial charge in [-0.25, -0.2) is 4.79 Å². The van der Waals surface area contributed by atoms with Gasteiger partial charge in [-0.15, -0.1) is 11.6 Å². The number of aliphatic hydroxyl groups excluding tert-OH is 2. The van der Waals surface area contributed by atoms with Gasteiger partial charge in [0.05, 0.1) is 17.5 Å². The molecule has 1 aromatic rings. The van der Waals surface area contributed by atoms with Crippen LogP contribution in [0.5, 0.6) is 0 Å². The van der Waals surface area contributed by atoms with Gasteiger partial charge < -0.3 is 15.3 Å². The number of rotatable bonds is 4. The van der Waals surface area contributed by atoms with Crippen LogP contribution in [0.2, 0.25) is 0 Å². The summed E-state index contributed by atoms with van der Waals surface area (Å²) in [6.45, 7) is 0. The molecule has 1 aromatic carbocycles. The van der Waals surface area contributed by atoms with Crippen LogP contribution < -0.4 is 0 Å². The fraction of sp³-hybridized carbons (Fsp3) is 0.300. The van der Waals surface area contributed by atoms with Gasteiger partial charge in [0.1, 0.15) is 6.10 Å². The second-order valence-corrected chi connectivity index (χ2v) is 4.43. The summed E-state index contributed by atoms with van der Waals surface area (Å²) in [6, 6.07) is 4.35. The third-order valence-corrected chi connectivity index (χ3v) is 2.89. The molecule has 3 N–H and O–H groups in total. The van der Waals surface area contributed by atoms with Gasteiger partial charge in [-0.2, -0.15) is 0 Å². The van der Waals surface area contributed by atoms with Crippen molar-refractivity contribution >= 4 is 33.5 Å². The number of benzene rings is 1. The van der Waals surface area contributed by atoms with Crippen molar-refractivity contribution in [2.24, 2.45) is 0 Å². The highest BCUT2D eigenvalue weighted by molar-refractivity contribution is 9.10. The molecule has 0 amide bonds. The summed E-state index contributed by atoms with van der Waals surface area (Å²) < 4.78 is 0.619. The van der Waals surface area contributed by atoms with Crippen molar-refractivity contribution in [2.75, 3.05) is 5.88 Å². The van der Waals surface area contributed by atoms with Crippen LogP contribution in [0.3, 0.4) is 0 Å². The summed E-state index contributed by atoms with van der Waals surface area (Å²) in [6.07, 6.45) is -2.52. The van der Waals surface area contributed by atoms with Gasteiger partial charge in [0.2, 0.25) is 0 Å². The number of alkyl halides is 1. The summed E-state index contributed by atoms with van der Waals surface area (Å²) >= 11 is 8.57. The van der Waals surface area contributed by atoms with E-state index in [4.69, 9.17) is 16.7 Å². The van der Waals surface area contributed by atoms with E-state index < -0.39 is 18.2 Å². The first-order chi connectivity index (χ1) is 7.47. The smallest absolute Gasteiger partial charge is 0.336 e. The average molecular weight is 310 g/mol. The predicted molar refractivity (Wildman–Crippen MR) is 62.8 cm³/mol. The minimum atomic E-state index is -1.32. The number of hydrogen-bond donors (Lipinski definition) is 3. The second-order valence-electron chi connectivity index (χ2n) is 3.20. The van der Waals surface area contributed by atoms with Crippen LogP contribution in [0, 0.1) is 0 Å². The molecule has 16 heavy (non-hydrogen) atoms. The van der Waals surface area contributed by atoms with Crippen LogP contribution in [0.25, 0.3) is 0 Å². The van der Waals surface area contributed by atoms with Crippen molar-refractivity contribution in [2.45, 2.75) is 12.2 Å². The Morgan fingerprint density at radius 2 is 2.06 bits per heavy atom. The lowest BCUT2D eigenvalue weighted by Gasteiger charge is -2.17. The second kappa shape index (κ2) is 5.63. The van der Waals surface area contributed by atoms with E-state index in [1.54, 1.807) is 6.07 Å². The molecule has 2 unspecified atom stereocenters. The van der Waals surface area contributed by atoms with E-state index in [2.05, 4.69) is 15.9 Å². The van der Waals surface area contributed by atoms with Crippen LogP contribution in [-0.2, 0) is 0 Å². The zero-order chi connectivity index (χ0) is 12.3. The molecule has 6 heteroatoms. The number of carboxylic acids is 1. The largest absolute Gasteiger partial charge is 0.478 e. The predicted octanol–water partition coefficient (Wildman–Crippen LogP) is 1.78. The molecule has 0 aliphatic rings. The Morgan fingerprint density at radius 3 is 2.56 bits per heavy atom. The molecule has 0 saturated heterocycles. The quantitative estimate of drug-likeness (QED) is 0.741. The van der Waals surface area contributed by atoms with Crippen molar-refractivity contribution in [1.29, 1.82) is 0 Å². The molecule has 88 valence electrons. The third-order valence-electron chi connectivity index (χ3n) is 2.09. The highest BCUT2D eigenvalue weighted by Gasteiger charge is 2.23. The first-order valence-corrected chi connectivity index (χ1v) is 5.75. The maximum Gasteiger partial charge on any atom is 0.336 e. The molecule has 4 nitrogen and oxygen atoms in total. The molecule has 0 spiro atoms. The normalized spacial score (nSPS) is 14.5. The molecule has 0 heterocycles. The molecule has 2 atom stereocenters. The average Bonchev–Trinajstić information content (AvgIpc) is 2.26. The SMILES string of the molecule is O=C(O)c1ccc(Br)cc1C(O)C(O)CCl. The van der Waals surface area contributed by atoms with Gasteiger partial charge in [-0.1, -0.05) is 15.9 Å². The van der Waals surface area contributed by atoms with Gasteiger partial charge in [-0.05, 0) is 23.8 Å². The Kier molecular flexibility index (Phi) is 4.73. The molecular formula is C10H10BrClO4. The summed E-state index contributed by atoms with van der Waals surface area (Å²) in [5.41, 5.74) is 0.0786. The highest BCUT2D eigenvalue weighted by atomic mass is 79.9. The number of aliphatic hydroxyl groups is 2. The highest BCUT2D eigenvalue weighted by Crippen LogP contribution is 2.25. The lowest BCUT2D eigenvalue weighted by Crippen LogP contribution is -2.22. The van der Waals surface area contributed by atoms with Crippen molar-refractivity contribution in [3.05, 3.63) is 33.8 Å². The van der Waals surface area contributed by atoms with Gasteiger partial charge >= 0.3 is 5.97 Å². The van der Waals surface area contributed by atoms with E-state index in [1.807, 2.05) is 0 Å². The van der Waals surface area contributed by atoms with Gasteiger partial charge in [0.25, 0.3) is 0 Å². The molecule has 0 aliphatic carbocycles. The first kappa shape index (κ1) is 13.4.